The Balaban J connectivity index is 2.28. The number of halogens is 1. The molecule has 0 bridgehead atoms. The van der Waals surface area contributed by atoms with Gasteiger partial charge in [-0.1, -0.05) is 0 Å². The molecule has 3 nitrogen and oxygen atoms in total. The number of methoxy groups -OCH3 is 1. The van der Waals surface area contributed by atoms with Crippen molar-refractivity contribution < 1.29 is 9.84 Å². The zero-order chi connectivity index (χ0) is 10.4. The first kappa shape index (κ1) is 12.1. The number of rotatable bonds is 6. The molecule has 80 valence electrons. The zero-order valence-electron chi connectivity index (χ0n) is 8.00. The van der Waals surface area contributed by atoms with Crippen molar-refractivity contribution in [3.63, 3.8) is 0 Å². The fourth-order valence-electron chi connectivity index (χ4n) is 1.05. The molecule has 1 aromatic rings. The van der Waals surface area contributed by atoms with Gasteiger partial charge in [-0.15, -0.1) is 11.3 Å². The summed E-state index contributed by atoms with van der Waals surface area (Å²) in [6, 6.07) is 1.94. The topological polar surface area (TPSA) is 41.5 Å². The summed E-state index contributed by atoms with van der Waals surface area (Å²) < 4.78 is 5.86. The molecule has 0 aliphatic carbocycles. The molecule has 0 aliphatic heterocycles. The van der Waals surface area contributed by atoms with Crippen molar-refractivity contribution in [1.29, 1.82) is 0 Å². The Kier molecular flexibility index (Phi) is 5.66. The van der Waals surface area contributed by atoms with Gasteiger partial charge in [-0.05, 0) is 27.4 Å². The van der Waals surface area contributed by atoms with Crippen molar-refractivity contribution in [3.8, 4) is 0 Å². The SMILES string of the molecule is COCCNCC(O)c1sccc1Br. The van der Waals surface area contributed by atoms with Gasteiger partial charge in [0.2, 0.25) is 0 Å². The van der Waals surface area contributed by atoms with Crippen LogP contribution in [0.1, 0.15) is 11.0 Å². The van der Waals surface area contributed by atoms with Gasteiger partial charge >= 0.3 is 0 Å². The molecule has 0 amide bonds. The Morgan fingerprint density at radius 2 is 2.50 bits per heavy atom. The van der Waals surface area contributed by atoms with E-state index in [1.807, 2.05) is 11.4 Å². The fourth-order valence-corrected chi connectivity index (χ4v) is 2.67. The summed E-state index contributed by atoms with van der Waals surface area (Å²) in [5, 5.41) is 14.8. The molecule has 0 radical (unpaired) electrons. The predicted octanol–water partition coefficient (Wildman–Crippen LogP) is 1.78. The van der Waals surface area contributed by atoms with Crippen LogP contribution in [0.4, 0.5) is 0 Å². The summed E-state index contributed by atoms with van der Waals surface area (Å²) in [5.74, 6) is 0. The van der Waals surface area contributed by atoms with Crippen LogP contribution < -0.4 is 5.32 Å². The zero-order valence-corrected chi connectivity index (χ0v) is 10.4. The van der Waals surface area contributed by atoms with Gasteiger partial charge in [0.05, 0.1) is 6.61 Å². The Labute approximate surface area is 96.2 Å². The van der Waals surface area contributed by atoms with Crippen molar-refractivity contribution in [2.75, 3.05) is 26.8 Å². The number of hydrogen-bond acceptors (Lipinski definition) is 4. The molecule has 0 saturated carbocycles. The first-order valence-electron chi connectivity index (χ1n) is 4.36. The highest BCUT2D eigenvalue weighted by Gasteiger charge is 2.11. The average Bonchev–Trinajstić information content (AvgIpc) is 2.59. The third-order valence-electron chi connectivity index (χ3n) is 1.77. The normalized spacial score (nSPS) is 13.1. The molecule has 1 unspecified atom stereocenters. The van der Waals surface area contributed by atoms with E-state index in [-0.39, 0.29) is 0 Å². The first-order chi connectivity index (χ1) is 6.75. The van der Waals surface area contributed by atoms with Crippen LogP contribution in [0.3, 0.4) is 0 Å². The largest absolute Gasteiger partial charge is 0.386 e. The first-order valence-corrected chi connectivity index (χ1v) is 6.03. The van der Waals surface area contributed by atoms with Gasteiger partial charge in [-0.3, -0.25) is 0 Å². The lowest BCUT2D eigenvalue weighted by atomic mass is 10.3. The lowest BCUT2D eigenvalue weighted by Gasteiger charge is -2.10. The second-order valence-corrected chi connectivity index (χ2v) is 4.65. The van der Waals surface area contributed by atoms with Crippen LogP contribution in [0.5, 0.6) is 0 Å². The Morgan fingerprint density at radius 3 is 3.07 bits per heavy atom. The molecular weight excluding hydrogens is 266 g/mol. The summed E-state index contributed by atoms with van der Waals surface area (Å²) in [5.41, 5.74) is 0. The summed E-state index contributed by atoms with van der Waals surface area (Å²) in [6.45, 7) is 1.98. The predicted molar refractivity (Wildman–Crippen MR) is 61.7 cm³/mol. The standard InChI is InChI=1S/C9H14BrNO2S/c1-13-4-3-11-6-8(12)9-7(10)2-5-14-9/h2,5,8,11-12H,3-4,6H2,1H3. The number of ether oxygens (including phenoxy) is 1. The Bertz CT molecular complexity index is 267. The number of aliphatic hydroxyl groups excluding tert-OH is 1. The molecule has 1 atom stereocenters. The second kappa shape index (κ2) is 6.53. The van der Waals surface area contributed by atoms with E-state index in [0.29, 0.717) is 13.2 Å². The van der Waals surface area contributed by atoms with E-state index in [2.05, 4.69) is 21.2 Å². The quantitative estimate of drug-likeness (QED) is 0.780. The third kappa shape index (κ3) is 3.67. The van der Waals surface area contributed by atoms with Crippen LogP contribution >= 0.6 is 27.3 Å². The molecule has 0 aromatic carbocycles. The molecule has 0 spiro atoms. The molecule has 0 saturated heterocycles. The van der Waals surface area contributed by atoms with Gasteiger partial charge in [-0.25, -0.2) is 0 Å². The van der Waals surface area contributed by atoms with Crippen molar-refractivity contribution in [2.24, 2.45) is 0 Å². The second-order valence-electron chi connectivity index (χ2n) is 2.85. The maximum Gasteiger partial charge on any atom is 0.102 e. The Hall–Kier alpha value is 0.0600. The average molecular weight is 280 g/mol. The molecule has 5 heteroatoms. The van der Waals surface area contributed by atoms with Crippen LogP contribution in [-0.2, 0) is 4.74 Å². The Morgan fingerprint density at radius 1 is 1.71 bits per heavy atom. The van der Waals surface area contributed by atoms with E-state index in [9.17, 15) is 5.11 Å². The monoisotopic (exact) mass is 279 g/mol. The third-order valence-corrected chi connectivity index (χ3v) is 3.74. The van der Waals surface area contributed by atoms with Crippen molar-refractivity contribution >= 4 is 27.3 Å². The van der Waals surface area contributed by atoms with Gasteiger partial charge in [0.15, 0.2) is 0 Å². The van der Waals surface area contributed by atoms with Crippen molar-refractivity contribution in [2.45, 2.75) is 6.10 Å². The summed E-state index contributed by atoms with van der Waals surface area (Å²) in [7, 11) is 1.66. The van der Waals surface area contributed by atoms with Gasteiger partial charge in [0, 0.05) is 29.5 Å². The molecule has 0 aliphatic rings. The van der Waals surface area contributed by atoms with Crippen LogP contribution in [0, 0.1) is 0 Å². The molecule has 1 heterocycles. The van der Waals surface area contributed by atoms with E-state index < -0.39 is 6.10 Å². The molecule has 1 aromatic heterocycles. The van der Waals surface area contributed by atoms with E-state index in [1.54, 1.807) is 18.4 Å². The number of nitrogens with one attached hydrogen (secondary N) is 1. The van der Waals surface area contributed by atoms with Crippen molar-refractivity contribution in [3.05, 3.63) is 20.8 Å². The number of aliphatic hydroxyl groups is 1. The van der Waals surface area contributed by atoms with Crippen LogP contribution in [-0.4, -0.2) is 31.9 Å². The van der Waals surface area contributed by atoms with E-state index in [4.69, 9.17) is 4.74 Å². The van der Waals surface area contributed by atoms with Gasteiger partial charge in [0.1, 0.15) is 6.10 Å². The molecule has 0 fully saturated rings. The van der Waals surface area contributed by atoms with Crippen LogP contribution in [0.25, 0.3) is 0 Å². The van der Waals surface area contributed by atoms with Crippen LogP contribution in [0.2, 0.25) is 0 Å². The minimum Gasteiger partial charge on any atom is -0.386 e. The maximum absolute atomic E-state index is 9.77. The lowest BCUT2D eigenvalue weighted by molar-refractivity contribution is 0.164. The smallest absolute Gasteiger partial charge is 0.102 e. The van der Waals surface area contributed by atoms with Crippen molar-refractivity contribution in [1.82, 2.24) is 5.32 Å². The van der Waals surface area contributed by atoms with Crippen LogP contribution in [0.15, 0.2) is 15.9 Å². The summed E-state index contributed by atoms with van der Waals surface area (Å²) in [6.07, 6.45) is -0.443. The van der Waals surface area contributed by atoms with Gasteiger partial charge < -0.3 is 15.2 Å². The lowest BCUT2D eigenvalue weighted by Crippen LogP contribution is -2.24. The molecule has 14 heavy (non-hydrogen) atoms. The number of thiophene rings is 1. The fraction of sp³-hybridized carbons (Fsp3) is 0.556. The highest BCUT2D eigenvalue weighted by atomic mass is 79.9. The molecule has 1 rings (SSSR count). The molecular formula is C9H14BrNO2S. The highest BCUT2D eigenvalue weighted by Crippen LogP contribution is 2.28. The van der Waals surface area contributed by atoms with E-state index in [0.717, 1.165) is 15.9 Å². The minimum atomic E-state index is -0.443. The molecule has 2 N–H and O–H groups in total. The summed E-state index contributed by atoms with van der Waals surface area (Å²) >= 11 is 4.94. The highest BCUT2D eigenvalue weighted by molar-refractivity contribution is 9.10. The van der Waals surface area contributed by atoms with E-state index >= 15 is 0 Å². The van der Waals surface area contributed by atoms with Gasteiger partial charge in [0.25, 0.3) is 0 Å². The number of hydrogen-bond donors (Lipinski definition) is 2. The van der Waals surface area contributed by atoms with Gasteiger partial charge in [-0.2, -0.15) is 0 Å². The van der Waals surface area contributed by atoms with E-state index in [1.165, 1.54) is 0 Å². The minimum absolute atomic E-state index is 0.443. The maximum atomic E-state index is 9.77. The summed E-state index contributed by atoms with van der Waals surface area (Å²) in [4.78, 5) is 0.968.